The number of halogens is 1. The summed E-state index contributed by atoms with van der Waals surface area (Å²) in [6.07, 6.45) is 3.23. The second-order valence-electron chi connectivity index (χ2n) is 4.37. The summed E-state index contributed by atoms with van der Waals surface area (Å²) in [6, 6.07) is 1.81. The van der Waals surface area contributed by atoms with Crippen LogP contribution < -0.4 is 0 Å². The van der Waals surface area contributed by atoms with Crippen molar-refractivity contribution in [2.75, 3.05) is 33.7 Å². The molecule has 1 heterocycles. The van der Waals surface area contributed by atoms with Crippen LogP contribution in [0.2, 0.25) is 5.02 Å². The van der Waals surface area contributed by atoms with Crippen molar-refractivity contribution in [3.63, 3.8) is 0 Å². The van der Waals surface area contributed by atoms with Crippen LogP contribution in [-0.2, 0) is 11.3 Å². The molecule has 5 nitrogen and oxygen atoms in total. The summed E-state index contributed by atoms with van der Waals surface area (Å²) in [6.45, 7) is 2.00. The van der Waals surface area contributed by atoms with E-state index in [1.54, 1.807) is 12.4 Å². The van der Waals surface area contributed by atoms with E-state index in [9.17, 15) is 4.79 Å². The molecule has 0 amide bonds. The first-order chi connectivity index (χ1) is 8.49. The van der Waals surface area contributed by atoms with Crippen molar-refractivity contribution in [2.45, 2.75) is 6.54 Å². The van der Waals surface area contributed by atoms with Crippen molar-refractivity contribution in [3.8, 4) is 0 Å². The van der Waals surface area contributed by atoms with E-state index >= 15 is 0 Å². The molecule has 0 aliphatic carbocycles. The van der Waals surface area contributed by atoms with Crippen LogP contribution in [-0.4, -0.2) is 59.6 Å². The lowest BCUT2D eigenvalue weighted by molar-refractivity contribution is -0.138. The molecule has 0 saturated carbocycles. The minimum atomic E-state index is -0.834. The maximum absolute atomic E-state index is 10.8. The first-order valence-electron chi connectivity index (χ1n) is 5.66. The topological polar surface area (TPSA) is 56.7 Å². The minimum absolute atomic E-state index is 0.00644. The predicted molar refractivity (Wildman–Crippen MR) is 70.7 cm³/mol. The number of carboxylic acid groups (broad SMARTS) is 1. The van der Waals surface area contributed by atoms with Crippen LogP contribution in [0.5, 0.6) is 0 Å². The van der Waals surface area contributed by atoms with E-state index in [0.29, 0.717) is 18.1 Å². The van der Waals surface area contributed by atoms with E-state index in [0.717, 1.165) is 12.1 Å². The lowest BCUT2D eigenvalue weighted by Crippen LogP contribution is -2.35. The number of nitrogens with zero attached hydrogens (tertiary/aromatic N) is 3. The minimum Gasteiger partial charge on any atom is -0.480 e. The van der Waals surface area contributed by atoms with Crippen LogP contribution in [0.25, 0.3) is 0 Å². The van der Waals surface area contributed by atoms with Gasteiger partial charge in [0.15, 0.2) is 0 Å². The van der Waals surface area contributed by atoms with Crippen molar-refractivity contribution < 1.29 is 9.90 Å². The third-order valence-corrected chi connectivity index (χ3v) is 2.81. The zero-order valence-corrected chi connectivity index (χ0v) is 11.4. The Labute approximate surface area is 112 Å². The molecule has 0 aliphatic rings. The second kappa shape index (κ2) is 7.31. The number of pyridine rings is 1. The molecule has 1 N–H and O–H groups in total. The smallest absolute Gasteiger partial charge is 0.317 e. The lowest BCUT2D eigenvalue weighted by atomic mass is 10.2. The summed E-state index contributed by atoms with van der Waals surface area (Å²) in [5.74, 6) is -0.834. The normalized spacial score (nSPS) is 11.2. The van der Waals surface area contributed by atoms with Gasteiger partial charge in [-0.15, -0.1) is 0 Å². The van der Waals surface area contributed by atoms with Gasteiger partial charge in [-0.25, -0.2) is 0 Å². The van der Waals surface area contributed by atoms with E-state index in [2.05, 4.69) is 4.98 Å². The molecule has 18 heavy (non-hydrogen) atoms. The Bertz CT molecular complexity index is 399. The highest BCUT2D eigenvalue weighted by Crippen LogP contribution is 2.15. The molecule has 0 fully saturated rings. The van der Waals surface area contributed by atoms with Crippen molar-refractivity contribution in [2.24, 2.45) is 0 Å². The monoisotopic (exact) mass is 271 g/mol. The number of aliphatic carboxylic acids is 1. The number of carbonyl (C=O) groups is 1. The van der Waals surface area contributed by atoms with Crippen LogP contribution in [0.15, 0.2) is 18.5 Å². The molecule has 0 saturated heterocycles. The standard InChI is InChI=1S/C12H18ClN3O2/c1-15(2)5-6-16(9-12(17)18)8-10-3-4-14-7-11(10)13/h3-4,7H,5-6,8-9H2,1-2H3,(H,17,18). The highest BCUT2D eigenvalue weighted by atomic mass is 35.5. The van der Waals surface area contributed by atoms with Gasteiger partial charge in [-0.1, -0.05) is 11.6 Å². The van der Waals surface area contributed by atoms with Gasteiger partial charge in [0.2, 0.25) is 0 Å². The molecular weight excluding hydrogens is 254 g/mol. The maximum atomic E-state index is 10.8. The summed E-state index contributed by atoms with van der Waals surface area (Å²) in [5, 5.41) is 9.46. The summed E-state index contributed by atoms with van der Waals surface area (Å²) < 4.78 is 0. The van der Waals surface area contributed by atoms with E-state index in [1.165, 1.54) is 0 Å². The highest BCUT2D eigenvalue weighted by Gasteiger charge is 2.12. The largest absolute Gasteiger partial charge is 0.480 e. The SMILES string of the molecule is CN(C)CCN(CC(=O)O)Cc1ccncc1Cl. The Morgan fingerprint density at radius 2 is 2.17 bits per heavy atom. The van der Waals surface area contributed by atoms with Crippen molar-refractivity contribution in [3.05, 3.63) is 29.0 Å². The van der Waals surface area contributed by atoms with Crippen LogP contribution >= 0.6 is 11.6 Å². The maximum Gasteiger partial charge on any atom is 0.317 e. The number of aromatic nitrogens is 1. The molecule has 0 unspecified atom stereocenters. The number of carboxylic acids is 1. The second-order valence-corrected chi connectivity index (χ2v) is 4.78. The highest BCUT2D eigenvalue weighted by molar-refractivity contribution is 6.31. The average Bonchev–Trinajstić information content (AvgIpc) is 2.28. The molecule has 0 spiro atoms. The van der Waals surface area contributed by atoms with Gasteiger partial charge < -0.3 is 10.0 Å². The van der Waals surface area contributed by atoms with Crippen molar-refractivity contribution >= 4 is 17.6 Å². The molecule has 0 radical (unpaired) electrons. The molecule has 0 aromatic carbocycles. The van der Waals surface area contributed by atoms with Gasteiger partial charge in [0.1, 0.15) is 0 Å². The molecule has 0 atom stereocenters. The molecule has 6 heteroatoms. The summed E-state index contributed by atoms with van der Waals surface area (Å²) in [7, 11) is 3.91. The Kier molecular flexibility index (Phi) is 6.04. The molecule has 1 aromatic rings. The molecule has 0 aliphatic heterocycles. The third-order valence-electron chi connectivity index (χ3n) is 2.47. The quantitative estimate of drug-likeness (QED) is 0.807. The predicted octanol–water partition coefficient (Wildman–Crippen LogP) is 1.18. The molecule has 100 valence electrons. The van der Waals surface area contributed by atoms with E-state index < -0.39 is 5.97 Å². The Balaban J connectivity index is 2.65. The van der Waals surface area contributed by atoms with Gasteiger partial charge in [-0.3, -0.25) is 14.7 Å². The summed E-state index contributed by atoms with van der Waals surface area (Å²) >= 11 is 6.02. The van der Waals surface area contributed by atoms with E-state index in [-0.39, 0.29) is 6.54 Å². The van der Waals surface area contributed by atoms with E-state index in [4.69, 9.17) is 16.7 Å². The molecular formula is C12H18ClN3O2. The number of hydrogen-bond acceptors (Lipinski definition) is 4. The lowest BCUT2D eigenvalue weighted by Gasteiger charge is -2.22. The zero-order chi connectivity index (χ0) is 13.5. The molecule has 1 aromatic heterocycles. The van der Waals surface area contributed by atoms with Gasteiger partial charge in [0, 0.05) is 32.0 Å². The summed E-state index contributed by atoms with van der Waals surface area (Å²) in [5.41, 5.74) is 0.895. The van der Waals surface area contributed by atoms with Crippen LogP contribution in [0.1, 0.15) is 5.56 Å². The first-order valence-corrected chi connectivity index (χ1v) is 6.04. The fraction of sp³-hybridized carbons (Fsp3) is 0.500. The summed E-state index contributed by atoms with van der Waals surface area (Å²) in [4.78, 5) is 18.6. The third kappa shape index (κ3) is 5.44. The Morgan fingerprint density at radius 3 is 2.72 bits per heavy atom. The van der Waals surface area contributed by atoms with Crippen LogP contribution in [0, 0.1) is 0 Å². The number of likely N-dealkylation sites (N-methyl/N-ethyl adjacent to an activating group) is 1. The fourth-order valence-electron chi connectivity index (χ4n) is 1.52. The van der Waals surface area contributed by atoms with Gasteiger partial charge in [-0.05, 0) is 25.7 Å². The first kappa shape index (κ1) is 14.9. The fourth-order valence-corrected chi connectivity index (χ4v) is 1.70. The molecule has 1 rings (SSSR count). The number of rotatable bonds is 7. The molecule has 0 bridgehead atoms. The average molecular weight is 272 g/mol. The zero-order valence-electron chi connectivity index (χ0n) is 10.6. The van der Waals surface area contributed by atoms with Gasteiger partial charge in [0.25, 0.3) is 0 Å². The van der Waals surface area contributed by atoms with Crippen molar-refractivity contribution in [1.29, 1.82) is 0 Å². The van der Waals surface area contributed by atoms with Gasteiger partial charge in [0.05, 0.1) is 11.6 Å². The van der Waals surface area contributed by atoms with Crippen LogP contribution in [0.4, 0.5) is 0 Å². The van der Waals surface area contributed by atoms with Crippen molar-refractivity contribution in [1.82, 2.24) is 14.8 Å². The number of hydrogen-bond donors (Lipinski definition) is 1. The van der Waals surface area contributed by atoms with Gasteiger partial charge in [-0.2, -0.15) is 0 Å². The van der Waals surface area contributed by atoms with Gasteiger partial charge >= 0.3 is 5.97 Å². The van der Waals surface area contributed by atoms with E-state index in [1.807, 2.05) is 30.0 Å². The Morgan fingerprint density at radius 1 is 1.44 bits per heavy atom. The van der Waals surface area contributed by atoms with Crippen LogP contribution in [0.3, 0.4) is 0 Å². The Hall–Kier alpha value is -1.17.